The average Bonchev–Trinajstić information content (AvgIpc) is 2.31. The summed E-state index contributed by atoms with van der Waals surface area (Å²) in [5.41, 5.74) is 0.769. The van der Waals surface area contributed by atoms with Gasteiger partial charge >= 0.3 is 5.97 Å². The summed E-state index contributed by atoms with van der Waals surface area (Å²) in [4.78, 5) is 11.5. The van der Waals surface area contributed by atoms with Crippen molar-refractivity contribution in [1.82, 2.24) is 5.32 Å². The number of hydrogen-bond acceptors (Lipinski definition) is 4. The lowest BCUT2D eigenvalue weighted by atomic mass is 10.1. The van der Waals surface area contributed by atoms with Gasteiger partial charge in [0, 0.05) is 4.47 Å². The number of ether oxygens (including phenoxy) is 1. The van der Waals surface area contributed by atoms with Crippen molar-refractivity contribution in [3.05, 3.63) is 34.3 Å². The first-order valence-electron chi connectivity index (χ1n) is 4.62. The van der Waals surface area contributed by atoms with Crippen LogP contribution in [0.15, 0.2) is 28.7 Å². The Bertz CT molecular complexity index is 397. The standard InChI is InChI=1S/C11H11BrN2O2/c1-16-11(15)10(14-7-6-13)8-2-4-9(12)5-3-8/h2-5,10,14H,7H2,1H3/t10-/m0/s1. The number of nitriles is 1. The van der Waals surface area contributed by atoms with Crippen LogP contribution in [0, 0.1) is 11.3 Å². The topological polar surface area (TPSA) is 62.1 Å². The lowest BCUT2D eigenvalue weighted by Gasteiger charge is -2.14. The highest BCUT2D eigenvalue weighted by Crippen LogP contribution is 2.17. The Morgan fingerprint density at radius 2 is 2.19 bits per heavy atom. The van der Waals surface area contributed by atoms with E-state index in [-0.39, 0.29) is 6.54 Å². The van der Waals surface area contributed by atoms with Crippen LogP contribution in [0.2, 0.25) is 0 Å². The smallest absolute Gasteiger partial charge is 0.327 e. The highest BCUT2D eigenvalue weighted by Gasteiger charge is 2.20. The predicted molar refractivity (Wildman–Crippen MR) is 62.5 cm³/mol. The molecule has 0 saturated heterocycles. The van der Waals surface area contributed by atoms with Gasteiger partial charge in [0.2, 0.25) is 0 Å². The molecule has 0 spiro atoms. The third-order valence-corrected chi connectivity index (χ3v) is 2.55. The molecule has 1 aromatic rings. The molecule has 0 aliphatic carbocycles. The third-order valence-electron chi connectivity index (χ3n) is 2.03. The van der Waals surface area contributed by atoms with Gasteiger partial charge in [-0.2, -0.15) is 5.26 Å². The molecule has 0 fully saturated rings. The van der Waals surface area contributed by atoms with Gasteiger partial charge in [-0.1, -0.05) is 28.1 Å². The molecule has 84 valence electrons. The Hall–Kier alpha value is -1.38. The fourth-order valence-electron chi connectivity index (χ4n) is 1.26. The van der Waals surface area contributed by atoms with E-state index >= 15 is 0 Å². The van der Waals surface area contributed by atoms with Crippen LogP contribution in [-0.4, -0.2) is 19.6 Å². The van der Waals surface area contributed by atoms with Crippen LogP contribution in [0.25, 0.3) is 0 Å². The molecule has 0 aromatic heterocycles. The fourth-order valence-corrected chi connectivity index (χ4v) is 1.52. The first-order valence-corrected chi connectivity index (χ1v) is 5.42. The highest BCUT2D eigenvalue weighted by atomic mass is 79.9. The quantitative estimate of drug-likeness (QED) is 0.675. The highest BCUT2D eigenvalue weighted by molar-refractivity contribution is 9.10. The van der Waals surface area contributed by atoms with E-state index in [9.17, 15) is 4.79 Å². The van der Waals surface area contributed by atoms with Crippen molar-refractivity contribution >= 4 is 21.9 Å². The van der Waals surface area contributed by atoms with Crippen LogP contribution in [0.1, 0.15) is 11.6 Å². The molecule has 0 heterocycles. The zero-order chi connectivity index (χ0) is 12.0. The number of benzene rings is 1. The van der Waals surface area contributed by atoms with Crippen molar-refractivity contribution in [2.24, 2.45) is 0 Å². The van der Waals surface area contributed by atoms with E-state index in [0.717, 1.165) is 10.0 Å². The maximum Gasteiger partial charge on any atom is 0.327 e. The maximum absolute atomic E-state index is 11.5. The van der Waals surface area contributed by atoms with Crippen molar-refractivity contribution in [2.75, 3.05) is 13.7 Å². The van der Waals surface area contributed by atoms with E-state index in [2.05, 4.69) is 26.0 Å². The van der Waals surface area contributed by atoms with Crippen molar-refractivity contribution in [3.8, 4) is 6.07 Å². The minimum absolute atomic E-state index is 0.0931. The molecule has 0 unspecified atom stereocenters. The summed E-state index contributed by atoms with van der Waals surface area (Å²) in [6.07, 6.45) is 0. The number of esters is 1. The monoisotopic (exact) mass is 282 g/mol. The Morgan fingerprint density at radius 3 is 2.69 bits per heavy atom. The number of carbonyl (C=O) groups is 1. The number of methoxy groups -OCH3 is 1. The second-order valence-electron chi connectivity index (χ2n) is 3.05. The molecule has 1 rings (SSSR count). The van der Waals surface area contributed by atoms with Crippen molar-refractivity contribution in [1.29, 1.82) is 5.26 Å². The summed E-state index contributed by atoms with van der Waals surface area (Å²) in [5.74, 6) is -0.405. The van der Waals surface area contributed by atoms with Crippen LogP contribution < -0.4 is 5.32 Å². The summed E-state index contributed by atoms with van der Waals surface area (Å²) in [7, 11) is 1.32. The van der Waals surface area contributed by atoms with Gasteiger partial charge in [-0.15, -0.1) is 0 Å². The largest absolute Gasteiger partial charge is 0.468 e. The van der Waals surface area contributed by atoms with Gasteiger partial charge in [-0.3, -0.25) is 5.32 Å². The lowest BCUT2D eigenvalue weighted by molar-refractivity contribution is -0.143. The Morgan fingerprint density at radius 1 is 1.56 bits per heavy atom. The first kappa shape index (κ1) is 12.7. The fraction of sp³-hybridized carbons (Fsp3) is 0.273. The van der Waals surface area contributed by atoms with E-state index in [1.165, 1.54) is 7.11 Å². The van der Waals surface area contributed by atoms with E-state index in [1.54, 1.807) is 12.1 Å². The van der Waals surface area contributed by atoms with E-state index < -0.39 is 12.0 Å². The summed E-state index contributed by atoms with van der Waals surface area (Å²) in [6.45, 7) is 0.0931. The molecule has 1 N–H and O–H groups in total. The minimum atomic E-state index is -0.599. The van der Waals surface area contributed by atoms with Gasteiger partial charge in [-0.25, -0.2) is 4.79 Å². The van der Waals surface area contributed by atoms with Crippen LogP contribution in [0.5, 0.6) is 0 Å². The minimum Gasteiger partial charge on any atom is -0.468 e. The molecule has 4 nitrogen and oxygen atoms in total. The van der Waals surface area contributed by atoms with Gasteiger partial charge in [-0.05, 0) is 17.7 Å². The number of nitrogens with one attached hydrogen (secondary N) is 1. The summed E-state index contributed by atoms with van der Waals surface area (Å²) >= 11 is 3.31. The number of nitrogens with zero attached hydrogens (tertiary/aromatic N) is 1. The SMILES string of the molecule is COC(=O)[C@@H](NCC#N)c1ccc(Br)cc1. The van der Waals surface area contributed by atoms with Gasteiger partial charge in [0.1, 0.15) is 6.04 Å². The number of carbonyl (C=O) groups excluding carboxylic acids is 1. The summed E-state index contributed by atoms with van der Waals surface area (Å²) in [5, 5.41) is 11.3. The molecule has 0 saturated carbocycles. The van der Waals surface area contributed by atoms with E-state index in [4.69, 9.17) is 5.26 Å². The van der Waals surface area contributed by atoms with Crippen molar-refractivity contribution in [3.63, 3.8) is 0 Å². The zero-order valence-electron chi connectivity index (χ0n) is 8.74. The average molecular weight is 283 g/mol. The number of halogens is 1. The van der Waals surface area contributed by atoms with Crippen molar-refractivity contribution < 1.29 is 9.53 Å². The second kappa shape index (κ2) is 6.26. The van der Waals surface area contributed by atoms with Gasteiger partial charge in [0.25, 0.3) is 0 Å². The predicted octanol–water partition coefficient (Wildman–Crippen LogP) is 1.78. The zero-order valence-corrected chi connectivity index (χ0v) is 10.3. The number of hydrogen-bond donors (Lipinski definition) is 1. The second-order valence-corrected chi connectivity index (χ2v) is 3.96. The molecule has 0 bridgehead atoms. The molecular formula is C11H11BrN2O2. The Labute approximate surface area is 102 Å². The van der Waals surface area contributed by atoms with Crippen LogP contribution in [0.4, 0.5) is 0 Å². The van der Waals surface area contributed by atoms with Gasteiger partial charge in [0.05, 0.1) is 19.7 Å². The molecule has 5 heteroatoms. The van der Waals surface area contributed by atoms with Crippen molar-refractivity contribution in [2.45, 2.75) is 6.04 Å². The summed E-state index contributed by atoms with van der Waals surface area (Å²) < 4.78 is 5.60. The molecule has 1 atom stereocenters. The molecule has 0 aliphatic heterocycles. The first-order chi connectivity index (χ1) is 7.69. The number of rotatable bonds is 4. The lowest BCUT2D eigenvalue weighted by Crippen LogP contribution is -2.29. The Balaban J connectivity index is 2.88. The van der Waals surface area contributed by atoms with E-state index in [0.29, 0.717) is 0 Å². The maximum atomic E-state index is 11.5. The molecule has 0 radical (unpaired) electrons. The van der Waals surface area contributed by atoms with Crippen LogP contribution >= 0.6 is 15.9 Å². The van der Waals surface area contributed by atoms with Gasteiger partial charge in [0.15, 0.2) is 0 Å². The van der Waals surface area contributed by atoms with Crippen LogP contribution in [0.3, 0.4) is 0 Å². The van der Waals surface area contributed by atoms with Crippen LogP contribution in [-0.2, 0) is 9.53 Å². The Kier molecular flexibility index (Phi) is 4.96. The normalized spacial score (nSPS) is 11.6. The van der Waals surface area contributed by atoms with E-state index in [1.807, 2.05) is 18.2 Å². The molecular weight excluding hydrogens is 272 g/mol. The summed E-state index contributed by atoms with van der Waals surface area (Å²) in [6, 6.07) is 8.60. The molecule has 1 aromatic carbocycles. The third kappa shape index (κ3) is 3.33. The van der Waals surface area contributed by atoms with Gasteiger partial charge < -0.3 is 4.74 Å². The molecule has 0 amide bonds. The molecule has 0 aliphatic rings. The molecule has 16 heavy (non-hydrogen) atoms.